The van der Waals surface area contributed by atoms with E-state index < -0.39 is 0 Å². The maximum atomic E-state index is 2.86. The van der Waals surface area contributed by atoms with Crippen molar-refractivity contribution in [2.45, 2.75) is 39.8 Å². The van der Waals surface area contributed by atoms with Crippen molar-refractivity contribution in [2.75, 3.05) is 49.8 Å². The van der Waals surface area contributed by atoms with Gasteiger partial charge < -0.3 is 0 Å². The Morgan fingerprint density at radius 2 is 0.568 bits per heavy atom. The molecule has 232 valence electrons. The van der Waals surface area contributed by atoms with Crippen molar-refractivity contribution in [2.24, 2.45) is 0 Å². The zero-order valence-corrected chi connectivity index (χ0v) is 30.6. The van der Waals surface area contributed by atoms with E-state index in [1.54, 1.807) is 21.2 Å². The molecular formula is C38H50N2P4. The Morgan fingerprint density at radius 1 is 0.364 bits per heavy atom. The third-order valence-electron chi connectivity index (χ3n) is 8.64. The smallest absolute Gasteiger partial charge is 0.0231 e. The average Bonchev–Trinajstić information content (AvgIpc) is 3.06. The zero-order chi connectivity index (χ0) is 30.7. The van der Waals surface area contributed by atoms with Crippen LogP contribution in [0.4, 0.5) is 0 Å². The van der Waals surface area contributed by atoms with Crippen LogP contribution in [0.3, 0.4) is 0 Å². The highest BCUT2D eigenvalue weighted by atomic mass is 31.1. The summed E-state index contributed by atoms with van der Waals surface area (Å²) in [5.74, 6) is 0. The second-order valence-corrected chi connectivity index (χ2v) is 21.6. The van der Waals surface area contributed by atoms with Gasteiger partial charge in [0.15, 0.2) is 0 Å². The lowest BCUT2D eigenvalue weighted by Gasteiger charge is -2.38. The third kappa shape index (κ3) is 9.76. The van der Waals surface area contributed by atoms with E-state index in [-0.39, 0.29) is 31.7 Å². The van der Waals surface area contributed by atoms with Gasteiger partial charge in [0.25, 0.3) is 0 Å². The summed E-state index contributed by atoms with van der Waals surface area (Å²) in [4.78, 5) is 5.72. The zero-order valence-electron chi connectivity index (χ0n) is 27.0. The summed E-state index contributed by atoms with van der Waals surface area (Å²) in [6, 6.07) is 47.1. The lowest BCUT2D eigenvalue weighted by Crippen LogP contribution is -2.37. The SMILES string of the molecule is CC(C)N1C[P@](c2ccccc2)CC[P@@](c2ccccc2)CN(C(C)C)C[P@](c2ccccc2)CC[P@@](c2ccccc2)C1. The van der Waals surface area contributed by atoms with Gasteiger partial charge in [0.2, 0.25) is 0 Å². The lowest BCUT2D eigenvalue weighted by atomic mass is 10.4. The molecule has 0 N–H and O–H groups in total. The largest absolute Gasteiger partial charge is 0.292 e. The van der Waals surface area contributed by atoms with Crippen LogP contribution in [0.2, 0.25) is 0 Å². The number of hydrogen-bond donors (Lipinski definition) is 0. The van der Waals surface area contributed by atoms with Gasteiger partial charge in [-0.05, 0) is 73.6 Å². The highest BCUT2D eigenvalue weighted by Gasteiger charge is 2.28. The van der Waals surface area contributed by atoms with Gasteiger partial charge in [-0.25, -0.2) is 0 Å². The molecule has 5 rings (SSSR count). The van der Waals surface area contributed by atoms with Crippen molar-refractivity contribution in [3.63, 3.8) is 0 Å². The molecule has 1 aliphatic heterocycles. The fourth-order valence-electron chi connectivity index (χ4n) is 5.78. The first-order valence-electron chi connectivity index (χ1n) is 16.2. The molecule has 0 radical (unpaired) electrons. The summed E-state index contributed by atoms with van der Waals surface area (Å²) in [6.07, 6.45) is 9.98. The monoisotopic (exact) mass is 658 g/mol. The highest BCUT2D eigenvalue weighted by Crippen LogP contribution is 2.48. The fourth-order valence-corrected chi connectivity index (χ4v) is 18.0. The third-order valence-corrected chi connectivity index (χ3v) is 19.3. The van der Waals surface area contributed by atoms with Crippen LogP contribution >= 0.6 is 31.7 Å². The van der Waals surface area contributed by atoms with Crippen molar-refractivity contribution in [3.05, 3.63) is 121 Å². The van der Waals surface area contributed by atoms with Gasteiger partial charge in [-0.15, -0.1) is 0 Å². The Bertz CT molecular complexity index is 1150. The molecule has 0 amide bonds. The Kier molecular flexibility index (Phi) is 13.4. The molecule has 6 heteroatoms. The normalized spacial score (nSPS) is 23.4. The van der Waals surface area contributed by atoms with Crippen LogP contribution in [0.1, 0.15) is 27.7 Å². The van der Waals surface area contributed by atoms with E-state index in [1.165, 1.54) is 49.8 Å². The average molecular weight is 659 g/mol. The van der Waals surface area contributed by atoms with Crippen LogP contribution in [-0.2, 0) is 0 Å². The molecule has 0 aliphatic carbocycles. The Morgan fingerprint density at radius 3 is 0.750 bits per heavy atom. The standard InChI is InChI=1S/C38H50N2P4/c1-33(2)39-29-41(35-17-9-5-10-18-35)25-27-43(37-21-13-7-14-22-37)31-40(34(3)4)32-44(38-23-15-8-16-24-38)28-26-42(30-39)36-19-11-6-12-20-36/h5-24,33-34H,25-32H2,1-4H3/t41-,42-,43-,44-/m1/s1. The van der Waals surface area contributed by atoms with Crippen molar-refractivity contribution in [1.29, 1.82) is 0 Å². The minimum atomic E-state index is -0.288. The minimum Gasteiger partial charge on any atom is -0.292 e. The van der Waals surface area contributed by atoms with E-state index in [0.29, 0.717) is 12.1 Å². The summed E-state index contributed by atoms with van der Waals surface area (Å²) in [7, 11) is -1.15. The summed E-state index contributed by atoms with van der Waals surface area (Å²) in [5.41, 5.74) is 0. The van der Waals surface area contributed by atoms with E-state index in [2.05, 4.69) is 159 Å². The van der Waals surface area contributed by atoms with Gasteiger partial charge in [0.05, 0.1) is 0 Å². The lowest BCUT2D eigenvalue weighted by molar-refractivity contribution is 0.303. The number of nitrogens with zero attached hydrogens (tertiary/aromatic N) is 2. The first-order valence-corrected chi connectivity index (χ1v) is 23.0. The van der Waals surface area contributed by atoms with Gasteiger partial charge in [-0.1, -0.05) is 153 Å². The van der Waals surface area contributed by atoms with E-state index in [1.807, 2.05) is 0 Å². The van der Waals surface area contributed by atoms with Crippen molar-refractivity contribution in [1.82, 2.24) is 9.80 Å². The molecule has 0 unspecified atom stereocenters. The quantitative estimate of drug-likeness (QED) is 0.192. The molecule has 1 aliphatic rings. The first-order chi connectivity index (χ1) is 21.5. The Hall–Kier alpha value is -1.48. The molecule has 1 fully saturated rings. The molecule has 2 nitrogen and oxygen atoms in total. The minimum absolute atomic E-state index is 0.288. The summed E-state index contributed by atoms with van der Waals surface area (Å²) in [6.45, 7) is 9.70. The van der Waals surface area contributed by atoms with Gasteiger partial charge in [-0.3, -0.25) is 9.80 Å². The van der Waals surface area contributed by atoms with Crippen LogP contribution in [-0.4, -0.2) is 71.7 Å². The fraction of sp³-hybridized carbons (Fsp3) is 0.368. The molecule has 0 saturated carbocycles. The topological polar surface area (TPSA) is 6.48 Å². The molecule has 4 aromatic carbocycles. The second-order valence-electron chi connectivity index (χ2n) is 12.3. The van der Waals surface area contributed by atoms with Crippen LogP contribution in [0, 0.1) is 0 Å². The molecule has 0 aromatic heterocycles. The Balaban J connectivity index is 1.54. The molecule has 4 aromatic rings. The highest BCUT2D eigenvalue weighted by molar-refractivity contribution is 7.70. The van der Waals surface area contributed by atoms with Crippen LogP contribution in [0.15, 0.2) is 121 Å². The molecular weight excluding hydrogens is 608 g/mol. The summed E-state index contributed by atoms with van der Waals surface area (Å²) < 4.78 is 0. The second kappa shape index (κ2) is 17.4. The predicted molar refractivity (Wildman–Crippen MR) is 205 cm³/mol. The van der Waals surface area contributed by atoms with Crippen molar-refractivity contribution in [3.8, 4) is 0 Å². The Labute approximate surface area is 272 Å². The van der Waals surface area contributed by atoms with Crippen molar-refractivity contribution < 1.29 is 0 Å². The molecule has 4 atom stereocenters. The molecule has 1 saturated heterocycles. The molecule has 44 heavy (non-hydrogen) atoms. The molecule has 1 heterocycles. The van der Waals surface area contributed by atoms with Crippen LogP contribution in [0.25, 0.3) is 0 Å². The van der Waals surface area contributed by atoms with Crippen molar-refractivity contribution >= 4 is 52.9 Å². The first kappa shape index (κ1) is 33.9. The number of hydrogen-bond acceptors (Lipinski definition) is 2. The predicted octanol–water partition coefficient (Wildman–Crippen LogP) is 8.48. The van der Waals surface area contributed by atoms with Crippen LogP contribution < -0.4 is 21.2 Å². The molecule has 0 spiro atoms. The molecule has 0 bridgehead atoms. The number of rotatable bonds is 6. The van der Waals surface area contributed by atoms with E-state index in [9.17, 15) is 0 Å². The van der Waals surface area contributed by atoms with Gasteiger partial charge >= 0.3 is 0 Å². The van der Waals surface area contributed by atoms with Gasteiger partial charge in [0, 0.05) is 37.2 Å². The van der Waals surface area contributed by atoms with Crippen LogP contribution in [0.5, 0.6) is 0 Å². The number of benzene rings is 4. The maximum Gasteiger partial charge on any atom is 0.0231 e. The van der Waals surface area contributed by atoms with Gasteiger partial charge in [0.1, 0.15) is 0 Å². The van der Waals surface area contributed by atoms with E-state index in [4.69, 9.17) is 0 Å². The summed E-state index contributed by atoms with van der Waals surface area (Å²) >= 11 is 0. The maximum absolute atomic E-state index is 2.86. The summed E-state index contributed by atoms with van der Waals surface area (Å²) in [5, 5.41) is 6.28. The van der Waals surface area contributed by atoms with E-state index >= 15 is 0 Å². The van der Waals surface area contributed by atoms with Gasteiger partial charge in [-0.2, -0.15) is 0 Å². The van der Waals surface area contributed by atoms with E-state index in [0.717, 1.165) is 0 Å².